The number of ketones is 4. The summed E-state index contributed by atoms with van der Waals surface area (Å²) in [5.41, 5.74) is 1.19. The lowest BCUT2D eigenvalue weighted by atomic mass is 10.0. The third-order valence-electron chi connectivity index (χ3n) is 14.2. The Balaban J connectivity index is 0.000000352. The standard InChI is InChI=1S/C21H26N4O3.C20H26IN3O3.C17H24BrNO3.C17H25NO3.C4H4IN/c1-15(2)24(20(27)28-21(3,4)5)14-18(26)19(16-9-7-6-8-10-16)25-12-11-17(13-22)23-25;1-14(2)23(19(26)27-20(3,4)5)13-16(25)18(15-9-7-6-8-10-15)24-12-11-17(21)22-24;1-12(2)19(16(21)22-17(3,4)5)11-14(20)15(18)13-9-7-6-8-10-13;1-13(2)18(16(20)21-17(3,4)5)12-15(19)11-14-9-7-6-8-10-14;5-4-2-1-3-6-4/h6-12,15,19H,14H2,1-5H3;6-12,14,18H,13H2,1-5H3;6-10,12,15H,11H2,1-5H3;6-10,13H,11-12H2,1-5H3;1-2H,3H2. The molecule has 6 aromatic rings. The summed E-state index contributed by atoms with van der Waals surface area (Å²) in [7, 11) is 0. The highest BCUT2D eigenvalue weighted by Gasteiger charge is 2.34. The van der Waals surface area contributed by atoms with Crippen molar-refractivity contribution in [3.63, 3.8) is 0 Å². The van der Waals surface area contributed by atoms with Crippen LogP contribution < -0.4 is 0 Å². The molecule has 7 rings (SSSR count). The number of aromatic nitrogens is 4. The van der Waals surface area contributed by atoms with Gasteiger partial charge in [-0.05, 0) is 224 Å². The smallest absolute Gasteiger partial charge is 0.410 e. The van der Waals surface area contributed by atoms with Crippen LogP contribution >= 0.6 is 61.1 Å². The van der Waals surface area contributed by atoms with Gasteiger partial charge < -0.3 is 18.9 Å². The minimum atomic E-state index is -0.744. The number of hydrogen-bond donors (Lipinski definition) is 0. The van der Waals surface area contributed by atoms with Crippen molar-refractivity contribution in [2.45, 2.75) is 208 Å². The first-order valence-corrected chi connectivity index (χ1v) is 37.4. The normalized spacial score (nSPS) is 12.7. The van der Waals surface area contributed by atoms with Crippen molar-refractivity contribution in [3.05, 3.63) is 190 Å². The van der Waals surface area contributed by atoms with Gasteiger partial charge in [-0.15, -0.1) is 0 Å². The number of halogens is 3. The Morgan fingerprint density at radius 2 is 0.798 bits per heavy atom. The number of carbonyl (C=O) groups excluding carboxylic acids is 8. The van der Waals surface area contributed by atoms with Crippen molar-refractivity contribution >= 4 is 112 Å². The van der Waals surface area contributed by atoms with Crippen LogP contribution in [0.15, 0.2) is 163 Å². The Morgan fingerprint density at radius 1 is 0.471 bits per heavy atom. The second kappa shape index (κ2) is 42.8. The second-order valence-electron chi connectivity index (χ2n) is 29.3. The fraction of sp³-hybridized carbons (Fsp3) is 0.468. The van der Waals surface area contributed by atoms with Crippen molar-refractivity contribution in [1.29, 1.82) is 5.26 Å². The van der Waals surface area contributed by atoms with Gasteiger partial charge in [-0.25, -0.2) is 19.2 Å². The van der Waals surface area contributed by atoms with Crippen molar-refractivity contribution in [1.82, 2.24) is 39.2 Å². The van der Waals surface area contributed by atoms with E-state index in [0.717, 1.165) is 36.2 Å². The number of allylic oxidation sites excluding steroid dienone is 1. The van der Waals surface area contributed by atoms with Gasteiger partial charge in [0.1, 0.15) is 44.3 Å². The van der Waals surface area contributed by atoms with Crippen molar-refractivity contribution in [3.8, 4) is 6.07 Å². The number of ether oxygens (including phenoxy) is 4. The lowest BCUT2D eigenvalue weighted by Gasteiger charge is -2.30. The maximum atomic E-state index is 13.2. The van der Waals surface area contributed by atoms with E-state index < -0.39 is 63.7 Å². The first kappa shape index (κ1) is 90.1. The molecule has 0 radical (unpaired) electrons. The van der Waals surface area contributed by atoms with Crippen LogP contribution in [0.5, 0.6) is 0 Å². The average molecular weight is 1720 g/mol. The van der Waals surface area contributed by atoms with Gasteiger partial charge in [0.25, 0.3) is 0 Å². The van der Waals surface area contributed by atoms with E-state index in [1.165, 1.54) is 24.3 Å². The number of carbonyl (C=O) groups is 8. The molecule has 3 unspecified atom stereocenters. The van der Waals surface area contributed by atoms with E-state index in [2.05, 4.69) is 76.3 Å². The molecule has 0 spiro atoms. The second-order valence-corrected chi connectivity index (χ2v) is 32.4. The molecule has 4 amide bonds. The number of aliphatic imine (C=N–C) groups is 1. The average Bonchev–Trinajstić information content (AvgIpc) is 1.55. The quantitative estimate of drug-likeness (QED) is 0.0348. The maximum Gasteiger partial charge on any atom is 0.410 e. The van der Waals surface area contributed by atoms with Gasteiger partial charge in [0.05, 0.1) is 41.3 Å². The SMILES string of the molecule is CC(C)N(CC(=O)C(Br)c1ccccc1)C(=O)OC(C)(C)C.CC(C)N(CC(=O)C(c1ccccc1)n1ccc(C#N)n1)C(=O)OC(C)(C)C.CC(C)N(CC(=O)C(c1ccccc1)n1ccc(I)n1)C(=O)OC(C)(C)C.CC(C)N(CC(=O)Cc1ccccc1)C(=O)OC(C)(C)C.IC1=NCC=C1. The zero-order valence-electron chi connectivity index (χ0n) is 63.8. The summed E-state index contributed by atoms with van der Waals surface area (Å²) in [4.78, 5) is 110. The third kappa shape index (κ3) is 33.8. The van der Waals surface area contributed by atoms with Crippen LogP contribution in [0.3, 0.4) is 0 Å². The lowest BCUT2D eigenvalue weighted by Crippen LogP contribution is -2.45. The minimum absolute atomic E-state index is 0.000703. The zero-order valence-corrected chi connectivity index (χ0v) is 69.7. The highest BCUT2D eigenvalue weighted by Crippen LogP contribution is 2.27. The van der Waals surface area contributed by atoms with Crippen LogP contribution in [0.1, 0.15) is 183 Å². The molecular formula is C79H105BrI2N10O12. The number of benzene rings is 4. The number of amides is 4. The molecule has 3 heterocycles. The van der Waals surface area contributed by atoms with Crippen molar-refractivity contribution in [2.75, 3.05) is 32.7 Å². The minimum Gasteiger partial charge on any atom is -0.444 e. The molecule has 2 aromatic heterocycles. The molecule has 22 nitrogen and oxygen atoms in total. The summed E-state index contributed by atoms with van der Waals surface area (Å²) >= 11 is 7.72. The molecule has 0 fully saturated rings. The topological polar surface area (TPSA) is 258 Å². The highest BCUT2D eigenvalue weighted by atomic mass is 127. The molecule has 564 valence electrons. The highest BCUT2D eigenvalue weighted by molar-refractivity contribution is 14.1. The maximum absolute atomic E-state index is 13.2. The van der Waals surface area contributed by atoms with Crippen LogP contribution in [0, 0.1) is 15.0 Å². The van der Waals surface area contributed by atoms with Gasteiger partial charge in [0, 0.05) is 43.0 Å². The Bertz CT molecular complexity index is 3810. The predicted molar refractivity (Wildman–Crippen MR) is 427 cm³/mol. The summed E-state index contributed by atoms with van der Waals surface area (Å²) in [6, 6.07) is 41.0. The Labute approximate surface area is 651 Å². The molecule has 0 N–H and O–H groups in total. The number of alkyl halides is 1. The fourth-order valence-corrected chi connectivity index (χ4v) is 10.6. The van der Waals surface area contributed by atoms with E-state index in [-0.39, 0.29) is 79.2 Å². The van der Waals surface area contributed by atoms with Gasteiger partial charge in [-0.3, -0.25) is 53.1 Å². The molecule has 3 atom stereocenters. The van der Waals surface area contributed by atoms with Crippen molar-refractivity contribution < 1.29 is 57.3 Å². The first-order chi connectivity index (χ1) is 48.4. The number of hydrogen-bond acceptors (Lipinski definition) is 16. The Hall–Kier alpha value is -8.10. The number of Topliss-reactive ketones (excluding diaryl/α,β-unsaturated/α-hetero) is 4. The molecule has 104 heavy (non-hydrogen) atoms. The number of nitriles is 1. The summed E-state index contributed by atoms with van der Waals surface area (Å²) in [5.74, 6) is -0.426. The van der Waals surface area contributed by atoms with Crippen LogP contribution in [0.4, 0.5) is 19.2 Å². The monoisotopic (exact) mass is 1720 g/mol. The van der Waals surface area contributed by atoms with Gasteiger partial charge in [-0.2, -0.15) is 15.5 Å². The Kier molecular flexibility index (Phi) is 37.0. The third-order valence-corrected chi connectivity index (χ3v) is 16.5. The summed E-state index contributed by atoms with van der Waals surface area (Å²) in [6.07, 6.45) is 5.82. The van der Waals surface area contributed by atoms with E-state index in [1.807, 2.05) is 263 Å². The first-order valence-electron chi connectivity index (χ1n) is 34.3. The van der Waals surface area contributed by atoms with Crippen molar-refractivity contribution in [2.24, 2.45) is 4.99 Å². The summed E-state index contributed by atoms with van der Waals surface area (Å²) in [6.45, 7) is 37.3. The molecule has 4 aromatic carbocycles. The predicted octanol–water partition coefficient (Wildman–Crippen LogP) is 17.0. The summed E-state index contributed by atoms with van der Waals surface area (Å²) in [5, 5.41) is 17.7. The molecule has 25 heteroatoms. The fourth-order valence-electron chi connectivity index (χ4n) is 9.33. The molecular weight excluding hydrogens is 1610 g/mol. The Morgan fingerprint density at radius 3 is 1.09 bits per heavy atom. The van der Waals surface area contributed by atoms with E-state index >= 15 is 0 Å². The van der Waals surface area contributed by atoms with Gasteiger partial charge >= 0.3 is 24.4 Å². The zero-order chi connectivity index (χ0) is 78.5. The van der Waals surface area contributed by atoms with Gasteiger partial charge in [-0.1, -0.05) is 143 Å². The molecule has 1 aliphatic rings. The van der Waals surface area contributed by atoms with Crippen LogP contribution in [0.25, 0.3) is 0 Å². The van der Waals surface area contributed by atoms with Gasteiger partial charge in [0.15, 0.2) is 28.8 Å². The van der Waals surface area contributed by atoms with E-state index in [9.17, 15) is 38.4 Å². The summed E-state index contributed by atoms with van der Waals surface area (Å²) < 4.78 is 26.7. The molecule has 0 bridgehead atoms. The number of rotatable bonds is 22. The largest absolute Gasteiger partial charge is 0.444 e. The van der Waals surface area contributed by atoms with Crippen LogP contribution in [-0.2, 0) is 44.5 Å². The van der Waals surface area contributed by atoms with E-state index in [4.69, 9.17) is 24.2 Å². The van der Waals surface area contributed by atoms with Crippen LogP contribution in [0.2, 0.25) is 0 Å². The molecule has 0 saturated heterocycles. The van der Waals surface area contributed by atoms with Crippen LogP contribution in [-0.4, -0.2) is 170 Å². The van der Waals surface area contributed by atoms with E-state index in [0.29, 0.717) is 6.42 Å². The lowest BCUT2D eigenvalue weighted by molar-refractivity contribution is -0.123. The molecule has 0 aliphatic carbocycles. The van der Waals surface area contributed by atoms with E-state index in [1.54, 1.807) is 43.9 Å². The number of nitrogens with zero attached hydrogens (tertiary/aromatic N) is 10. The molecule has 1 aliphatic heterocycles. The molecule has 0 saturated carbocycles. The van der Waals surface area contributed by atoms with Gasteiger partial charge in [0.2, 0.25) is 0 Å².